The quantitative estimate of drug-likeness (QED) is 0.835. The van der Waals surface area contributed by atoms with Crippen molar-refractivity contribution in [2.75, 3.05) is 6.26 Å². The van der Waals surface area contributed by atoms with Gasteiger partial charge in [0.05, 0.1) is 5.56 Å². The zero-order valence-corrected chi connectivity index (χ0v) is 10.2. The molecule has 0 unspecified atom stereocenters. The summed E-state index contributed by atoms with van der Waals surface area (Å²) in [6.45, 7) is 0. The predicted molar refractivity (Wildman–Crippen MR) is 70.6 cm³/mol. The Labute approximate surface area is 104 Å². The number of hydrogen-bond donors (Lipinski definition) is 1. The summed E-state index contributed by atoms with van der Waals surface area (Å²) in [5.41, 5.74) is 2.04. The first-order chi connectivity index (χ1) is 8.22. The summed E-state index contributed by atoms with van der Waals surface area (Å²) in [7, 11) is 0. The van der Waals surface area contributed by atoms with E-state index in [0.717, 1.165) is 16.0 Å². The van der Waals surface area contributed by atoms with E-state index in [0.29, 0.717) is 5.56 Å². The Kier molecular flexibility index (Phi) is 3.49. The molecule has 0 radical (unpaired) electrons. The van der Waals surface area contributed by atoms with E-state index >= 15 is 0 Å². The van der Waals surface area contributed by atoms with Gasteiger partial charge in [-0.3, -0.25) is 0 Å². The lowest BCUT2D eigenvalue weighted by atomic mass is 10.00. The van der Waals surface area contributed by atoms with Crippen molar-refractivity contribution in [3.8, 4) is 11.1 Å². The van der Waals surface area contributed by atoms with Crippen LogP contribution in [0.5, 0.6) is 0 Å². The Bertz CT molecular complexity index is 535. The molecule has 17 heavy (non-hydrogen) atoms. The van der Waals surface area contributed by atoms with Crippen LogP contribution in [-0.2, 0) is 0 Å². The van der Waals surface area contributed by atoms with E-state index in [1.165, 1.54) is 0 Å². The minimum Gasteiger partial charge on any atom is -0.478 e. The molecule has 2 rings (SSSR count). The van der Waals surface area contributed by atoms with E-state index < -0.39 is 5.97 Å². The van der Waals surface area contributed by atoms with Crippen LogP contribution in [0.1, 0.15) is 10.4 Å². The summed E-state index contributed by atoms with van der Waals surface area (Å²) in [6.07, 6.45) is 1.98. The molecule has 1 N–H and O–H groups in total. The molecule has 0 atom stereocenters. The second-order valence-corrected chi connectivity index (χ2v) is 4.46. The summed E-state index contributed by atoms with van der Waals surface area (Å²) < 4.78 is 0. The van der Waals surface area contributed by atoms with Crippen molar-refractivity contribution < 1.29 is 9.90 Å². The van der Waals surface area contributed by atoms with E-state index in [9.17, 15) is 9.90 Å². The van der Waals surface area contributed by atoms with Crippen molar-refractivity contribution in [2.24, 2.45) is 0 Å². The van der Waals surface area contributed by atoms with Gasteiger partial charge in [-0.1, -0.05) is 30.3 Å². The predicted octanol–water partition coefficient (Wildman–Crippen LogP) is 3.77. The van der Waals surface area contributed by atoms with Gasteiger partial charge in [-0.05, 0) is 35.6 Å². The first kappa shape index (κ1) is 11.7. The maximum Gasteiger partial charge on any atom is 0.336 e. The number of aromatic carboxylic acids is 1. The smallest absolute Gasteiger partial charge is 0.336 e. The largest absolute Gasteiger partial charge is 0.478 e. The average Bonchev–Trinajstić information content (AvgIpc) is 2.39. The zero-order valence-electron chi connectivity index (χ0n) is 9.38. The lowest BCUT2D eigenvalue weighted by Crippen LogP contribution is -1.99. The van der Waals surface area contributed by atoms with Crippen molar-refractivity contribution in [2.45, 2.75) is 4.90 Å². The lowest BCUT2D eigenvalue weighted by Gasteiger charge is -2.08. The molecule has 0 saturated heterocycles. The van der Waals surface area contributed by atoms with Gasteiger partial charge in [0.1, 0.15) is 0 Å². The zero-order chi connectivity index (χ0) is 12.3. The third kappa shape index (κ3) is 2.50. The number of carbonyl (C=O) groups is 1. The van der Waals surface area contributed by atoms with Crippen molar-refractivity contribution in [1.82, 2.24) is 0 Å². The third-order valence-corrected chi connectivity index (χ3v) is 3.27. The highest BCUT2D eigenvalue weighted by Gasteiger charge is 2.11. The fraction of sp³-hybridized carbons (Fsp3) is 0.0714. The normalized spacial score (nSPS) is 10.2. The molecular formula is C14H12O2S. The molecule has 0 saturated carbocycles. The van der Waals surface area contributed by atoms with Crippen LogP contribution in [0.3, 0.4) is 0 Å². The van der Waals surface area contributed by atoms with Gasteiger partial charge in [0.2, 0.25) is 0 Å². The topological polar surface area (TPSA) is 37.3 Å². The molecule has 86 valence electrons. The Morgan fingerprint density at radius 2 is 1.82 bits per heavy atom. The molecule has 0 amide bonds. The van der Waals surface area contributed by atoms with E-state index in [2.05, 4.69) is 0 Å². The average molecular weight is 244 g/mol. The molecule has 2 aromatic rings. The Morgan fingerprint density at radius 1 is 1.12 bits per heavy atom. The van der Waals surface area contributed by atoms with Crippen LogP contribution in [-0.4, -0.2) is 17.3 Å². The number of thioether (sulfide) groups is 1. The Hall–Kier alpha value is -1.74. The van der Waals surface area contributed by atoms with Gasteiger partial charge in [-0.2, -0.15) is 0 Å². The van der Waals surface area contributed by atoms with E-state index in [-0.39, 0.29) is 0 Å². The molecule has 0 bridgehead atoms. The van der Waals surface area contributed by atoms with Crippen LogP contribution in [0.4, 0.5) is 0 Å². The third-order valence-electron chi connectivity index (χ3n) is 2.54. The monoisotopic (exact) mass is 244 g/mol. The molecule has 0 aliphatic carbocycles. The molecule has 0 aliphatic heterocycles. The second kappa shape index (κ2) is 5.06. The number of rotatable bonds is 3. The highest BCUT2D eigenvalue weighted by molar-refractivity contribution is 7.98. The fourth-order valence-corrected chi connectivity index (χ4v) is 2.13. The highest BCUT2D eigenvalue weighted by Crippen LogP contribution is 2.28. The maximum atomic E-state index is 11.2. The maximum absolute atomic E-state index is 11.2. The SMILES string of the molecule is CSc1ccc(C(=O)O)c(-c2ccccc2)c1. The van der Waals surface area contributed by atoms with Gasteiger partial charge in [-0.25, -0.2) is 4.79 Å². The van der Waals surface area contributed by atoms with Gasteiger partial charge < -0.3 is 5.11 Å². The summed E-state index contributed by atoms with van der Waals surface area (Å²) in [4.78, 5) is 12.3. The van der Waals surface area contributed by atoms with Crippen molar-refractivity contribution in [3.05, 3.63) is 54.1 Å². The first-order valence-electron chi connectivity index (χ1n) is 5.19. The number of hydrogen-bond acceptors (Lipinski definition) is 2. The van der Waals surface area contributed by atoms with Gasteiger partial charge >= 0.3 is 5.97 Å². The molecule has 2 aromatic carbocycles. The fourth-order valence-electron chi connectivity index (χ4n) is 1.69. The number of benzene rings is 2. The van der Waals surface area contributed by atoms with Crippen LogP contribution in [0.2, 0.25) is 0 Å². The Morgan fingerprint density at radius 3 is 2.41 bits per heavy atom. The van der Waals surface area contributed by atoms with Crippen LogP contribution in [0, 0.1) is 0 Å². The Balaban J connectivity index is 2.61. The standard InChI is InChI=1S/C14H12O2S/c1-17-11-7-8-12(14(15)16)13(9-11)10-5-3-2-4-6-10/h2-9H,1H3,(H,15,16). The number of carboxylic acid groups (broad SMARTS) is 1. The molecule has 0 fully saturated rings. The van der Waals surface area contributed by atoms with E-state index in [1.807, 2.05) is 48.7 Å². The molecular weight excluding hydrogens is 232 g/mol. The summed E-state index contributed by atoms with van der Waals surface area (Å²) in [5.74, 6) is -0.892. The second-order valence-electron chi connectivity index (χ2n) is 3.58. The minimum absolute atomic E-state index is 0.342. The number of carboxylic acids is 1. The molecule has 3 heteroatoms. The lowest BCUT2D eigenvalue weighted by molar-refractivity contribution is 0.0697. The molecule has 2 nitrogen and oxygen atoms in total. The summed E-state index contributed by atoms with van der Waals surface area (Å²) >= 11 is 1.61. The molecule has 0 heterocycles. The van der Waals surface area contributed by atoms with Crippen LogP contribution >= 0.6 is 11.8 Å². The van der Waals surface area contributed by atoms with Crippen molar-refractivity contribution in [1.29, 1.82) is 0 Å². The van der Waals surface area contributed by atoms with E-state index in [4.69, 9.17) is 0 Å². The molecule has 0 spiro atoms. The molecule has 0 aliphatic rings. The van der Waals surface area contributed by atoms with E-state index in [1.54, 1.807) is 17.8 Å². The summed E-state index contributed by atoms with van der Waals surface area (Å²) in [6, 6.07) is 15.0. The van der Waals surface area contributed by atoms with Gasteiger partial charge in [-0.15, -0.1) is 11.8 Å². The highest BCUT2D eigenvalue weighted by atomic mass is 32.2. The van der Waals surface area contributed by atoms with Gasteiger partial charge in [0.15, 0.2) is 0 Å². The van der Waals surface area contributed by atoms with Gasteiger partial charge in [0, 0.05) is 4.90 Å². The minimum atomic E-state index is -0.892. The first-order valence-corrected chi connectivity index (χ1v) is 6.41. The van der Waals surface area contributed by atoms with Crippen LogP contribution in [0.25, 0.3) is 11.1 Å². The van der Waals surface area contributed by atoms with Crippen LogP contribution < -0.4 is 0 Å². The summed E-state index contributed by atoms with van der Waals surface area (Å²) in [5, 5.41) is 9.18. The van der Waals surface area contributed by atoms with Crippen molar-refractivity contribution >= 4 is 17.7 Å². The van der Waals surface area contributed by atoms with Crippen molar-refractivity contribution in [3.63, 3.8) is 0 Å². The van der Waals surface area contributed by atoms with Gasteiger partial charge in [0.25, 0.3) is 0 Å². The molecule has 0 aromatic heterocycles. The van der Waals surface area contributed by atoms with Crippen LogP contribution in [0.15, 0.2) is 53.4 Å².